The van der Waals surface area contributed by atoms with Crippen molar-refractivity contribution in [2.24, 2.45) is 0 Å². The molecule has 0 saturated carbocycles. The summed E-state index contributed by atoms with van der Waals surface area (Å²) in [6.07, 6.45) is 1.87. The van der Waals surface area contributed by atoms with Crippen LogP contribution in [0.3, 0.4) is 0 Å². The molecule has 1 heterocycles. The lowest BCUT2D eigenvalue weighted by Crippen LogP contribution is -2.36. The molecule has 0 bridgehead atoms. The van der Waals surface area contributed by atoms with Crippen LogP contribution in [-0.2, 0) is 6.42 Å². The molecule has 0 saturated heterocycles. The molecule has 0 aromatic heterocycles. The second-order valence-electron chi connectivity index (χ2n) is 8.10. The average molecular weight is 416 g/mol. The van der Waals surface area contributed by atoms with Crippen molar-refractivity contribution in [1.82, 2.24) is 0 Å². The van der Waals surface area contributed by atoms with Crippen molar-refractivity contribution in [3.05, 3.63) is 93.8 Å². The fourth-order valence-corrected chi connectivity index (χ4v) is 4.17. The van der Waals surface area contributed by atoms with Gasteiger partial charge in [0.25, 0.3) is 11.8 Å². The van der Waals surface area contributed by atoms with E-state index in [0.717, 1.165) is 29.7 Å². The van der Waals surface area contributed by atoms with E-state index < -0.39 is 11.7 Å². The number of amides is 2. The first kappa shape index (κ1) is 20.8. The van der Waals surface area contributed by atoms with Gasteiger partial charge < -0.3 is 10.2 Å². The number of halogens is 1. The van der Waals surface area contributed by atoms with Gasteiger partial charge in [0.1, 0.15) is 5.82 Å². The molecule has 4 nitrogen and oxygen atoms in total. The number of rotatable bonds is 3. The van der Waals surface area contributed by atoms with Gasteiger partial charge in [-0.1, -0.05) is 24.3 Å². The second-order valence-corrected chi connectivity index (χ2v) is 8.10. The predicted molar refractivity (Wildman–Crippen MR) is 121 cm³/mol. The van der Waals surface area contributed by atoms with E-state index in [1.807, 2.05) is 18.7 Å². The molecule has 0 radical (unpaired) electrons. The number of aryl methyl sites for hydroxylation is 3. The van der Waals surface area contributed by atoms with E-state index in [1.54, 1.807) is 24.3 Å². The molecule has 3 aromatic carbocycles. The molecule has 1 aliphatic heterocycles. The van der Waals surface area contributed by atoms with Crippen molar-refractivity contribution in [1.29, 1.82) is 0 Å². The molecule has 5 heteroatoms. The van der Waals surface area contributed by atoms with Crippen LogP contribution in [0.1, 0.15) is 49.4 Å². The van der Waals surface area contributed by atoms with Crippen molar-refractivity contribution in [3.63, 3.8) is 0 Å². The molecule has 0 unspecified atom stereocenters. The number of nitrogens with one attached hydrogen (secondary N) is 1. The largest absolute Gasteiger partial charge is 0.322 e. The highest BCUT2D eigenvalue weighted by molar-refractivity contribution is 6.09. The third-order valence-electron chi connectivity index (χ3n) is 5.79. The van der Waals surface area contributed by atoms with Gasteiger partial charge in [0.15, 0.2) is 0 Å². The van der Waals surface area contributed by atoms with Gasteiger partial charge in [0.05, 0.1) is 5.56 Å². The maximum absolute atomic E-state index is 14.0. The lowest BCUT2D eigenvalue weighted by Gasteiger charge is -2.31. The summed E-state index contributed by atoms with van der Waals surface area (Å²) < 4.78 is 14.0. The van der Waals surface area contributed by atoms with Gasteiger partial charge in [-0.3, -0.25) is 9.59 Å². The van der Waals surface area contributed by atoms with Crippen LogP contribution >= 0.6 is 0 Å². The van der Waals surface area contributed by atoms with Crippen molar-refractivity contribution in [3.8, 4) is 0 Å². The predicted octanol–water partition coefficient (Wildman–Crippen LogP) is 5.60. The number of carbonyl (C=O) groups excluding carboxylic acids is 2. The average Bonchev–Trinajstić information content (AvgIpc) is 2.74. The number of hydrogen-bond acceptors (Lipinski definition) is 2. The van der Waals surface area contributed by atoms with Crippen LogP contribution in [0.5, 0.6) is 0 Å². The highest BCUT2D eigenvalue weighted by atomic mass is 19.1. The van der Waals surface area contributed by atoms with Crippen molar-refractivity contribution in [2.45, 2.75) is 33.6 Å². The first-order chi connectivity index (χ1) is 14.8. The first-order valence-corrected chi connectivity index (χ1v) is 10.4. The monoisotopic (exact) mass is 416 g/mol. The topological polar surface area (TPSA) is 49.4 Å². The Morgan fingerprint density at radius 1 is 0.968 bits per heavy atom. The molecule has 0 fully saturated rings. The van der Waals surface area contributed by atoms with Crippen LogP contribution in [0, 0.1) is 26.6 Å². The number of fused-ring (bicyclic) bond motifs is 1. The Morgan fingerprint density at radius 2 is 1.74 bits per heavy atom. The number of hydrogen-bond donors (Lipinski definition) is 1. The molecule has 31 heavy (non-hydrogen) atoms. The van der Waals surface area contributed by atoms with Crippen LogP contribution in [-0.4, -0.2) is 18.4 Å². The number of benzene rings is 3. The summed E-state index contributed by atoms with van der Waals surface area (Å²) in [5.41, 5.74) is 6.25. The van der Waals surface area contributed by atoms with E-state index in [2.05, 4.69) is 24.4 Å². The van der Waals surface area contributed by atoms with Gasteiger partial charge in [-0.05, 0) is 86.2 Å². The van der Waals surface area contributed by atoms with Gasteiger partial charge in [-0.2, -0.15) is 0 Å². The number of nitrogens with zero attached hydrogens (tertiary/aromatic N) is 1. The summed E-state index contributed by atoms with van der Waals surface area (Å²) in [5.74, 6) is -1.23. The molecule has 0 spiro atoms. The Morgan fingerprint density at radius 3 is 2.52 bits per heavy atom. The van der Waals surface area contributed by atoms with Crippen LogP contribution in [0.15, 0.2) is 54.6 Å². The minimum absolute atomic E-state index is 0.0328. The number of anilines is 2. The van der Waals surface area contributed by atoms with Gasteiger partial charge >= 0.3 is 0 Å². The highest BCUT2D eigenvalue weighted by Gasteiger charge is 2.25. The SMILES string of the molecule is Cc1cc(C)c2c(c1)N(C(=O)c1ccc(C)c(NC(=O)c3ccccc3F)c1)CCC2. The van der Waals surface area contributed by atoms with Crippen LogP contribution < -0.4 is 10.2 Å². The van der Waals surface area contributed by atoms with Crippen LogP contribution in [0.25, 0.3) is 0 Å². The Kier molecular flexibility index (Phi) is 5.59. The summed E-state index contributed by atoms with van der Waals surface area (Å²) in [6.45, 7) is 6.61. The highest BCUT2D eigenvalue weighted by Crippen LogP contribution is 2.32. The molecule has 0 atom stereocenters. The summed E-state index contributed by atoms with van der Waals surface area (Å²) in [4.78, 5) is 27.8. The molecule has 3 aromatic rings. The van der Waals surface area contributed by atoms with E-state index in [-0.39, 0.29) is 11.5 Å². The molecule has 4 rings (SSSR count). The van der Waals surface area contributed by atoms with Crippen molar-refractivity contribution < 1.29 is 14.0 Å². The summed E-state index contributed by atoms with van der Waals surface area (Å²) >= 11 is 0. The van der Waals surface area contributed by atoms with Crippen LogP contribution in [0.4, 0.5) is 15.8 Å². The van der Waals surface area contributed by atoms with Gasteiger partial charge in [0, 0.05) is 23.5 Å². The fraction of sp³-hybridized carbons (Fsp3) is 0.231. The zero-order chi connectivity index (χ0) is 22.1. The van der Waals surface area contributed by atoms with Gasteiger partial charge in [-0.25, -0.2) is 4.39 Å². The second kappa shape index (κ2) is 8.34. The summed E-state index contributed by atoms with van der Waals surface area (Å²) in [6, 6.07) is 15.3. The molecular formula is C26H25FN2O2. The Bertz CT molecular complexity index is 1190. The zero-order valence-corrected chi connectivity index (χ0v) is 18.0. The first-order valence-electron chi connectivity index (χ1n) is 10.4. The lowest BCUT2D eigenvalue weighted by atomic mass is 9.94. The zero-order valence-electron chi connectivity index (χ0n) is 18.0. The minimum Gasteiger partial charge on any atom is -0.322 e. The standard InChI is InChI=1S/C26H25FN2O2/c1-16-13-18(3)20-8-6-12-29(24(20)14-16)26(31)19-11-10-17(2)23(15-19)28-25(30)21-7-4-5-9-22(21)27/h4-5,7,9-11,13-15H,6,8,12H2,1-3H3,(H,28,30). The molecule has 1 aliphatic rings. The van der Waals surface area contributed by atoms with E-state index in [0.29, 0.717) is 17.8 Å². The van der Waals surface area contributed by atoms with Crippen molar-refractivity contribution >= 4 is 23.2 Å². The van der Waals surface area contributed by atoms with Crippen molar-refractivity contribution in [2.75, 3.05) is 16.8 Å². The Hall–Kier alpha value is -3.47. The molecule has 1 N–H and O–H groups in total. The fourth-order valence-electron chi connectivity index (χ4n) is 4.17. The summed E-state index contributed by atoms with van der Waals surface area (Å²) in [7, 11) is 0. The third kappa shape index (κ3) is 4.08. The maximum atomic E-state index is 14.0. The van der Waals surface area contributed by atoms with E-state index in [1.165, 1.54) is 29.3 Å². The molecular weight excluding hydrogens is 391 g/mol. The Labute approximate surface area is 181 Å². The minimum atomic E-state index is -0.583. The molecule has 0 aliphatic carbocycles. The summed E-state index contributed by atoms with van der Waals surface area (Å²) in [5, 5.41) is 2.75. The quantitative estimate of drug-likeness (QED) is 0.605. The molecule has 2 amide bonds. The normalized spacial score (nSPS) is 13.0. The van der Waals surface area contributed by atoms with E-state index >= 15 is 0 Å². The molecule has 158 valence electrons. The van der Waals surface area contributed by atoms with E-state index in [9.17, 15) is 14.0 Å². The van der Waals surface area contributed by atoms with Gasteiger partial charge in [0.2, 0.25) is 0 Å². The smallest absolute Gasteiger partial charge is 0.258 e. The number of carbonyl (C=O) groups is 2. The van der Waals surface area contributed by atoms with E-state index in [4.69, 9.17) is 0 Å². The Balaban J connectivity index is 1.64. The maximum Gasteiger partial charge on any atom is 0.258 e. The lowest BCUT2D eigenvalue weighted by molar-refractivity contribution is 0.0982. The van der Waals surface area contributed by atoms with Gasteiger partial charge in [-0.15, -0.1) is 0 Å². The third-order valence-corrected chi connectivity index (χ3v) is 5.79. The van der Waals surface area contributed by atoms with Crippen LogP contribution in [0.2, 0.25) is 0 Å².